The highest BCUT2D eigenvalue weighted by molar-refractivity contribution is 5.46. The van der Waals surface area contributed by atoms with E-state index in [4.69, 9.17) is 0 Å². The zero-order valence-electron chi connectivity index (χ0n) is 12.5. The van der Waals surface area contributed by atoms with Crippen LogP contribution in [0.25, 0.3) is 0 Å². The number of nitrogens with zero attached hydrogens (tertiary/aromatic N) is 1. The molecule has 19 heavy (non-hydrogen) atoms. The van der Waals surface area contributed by atoms with Crippen molar-refractivity contribution in [3.05, 3.63) is 29.8 Å². The van der Waals surface area contributed by atoms with Gasteiger partial charge in [-0.1, -0.05) is 25.5 Å². The van der Waals surface area contributed by atoms with Crippen LogP contribution in [0.1, 0.15) is 38.2 Å². The molecule has 1 aromatic carbocycles. The number of hydrogen-bond donors (Lipinski definition) is 1. The van der Waals surface area contributed by atoms with Crippen molar-refractivity contribution in [3.63, 3.8) is 0 Å². The van der Waals surface area contributed by atoms with Gasteiger partial charge in [0.05, 0.1) is 0 Å². The minimum atomic E-state index is 0.920. The molecule has 2 nitrogen and oxygen atoms in total. The van der Waals surface area contributed by atoms with Gasteiger partial charge >= 0.3 is 0 Å². The van der Waals surface area contributed by atoms with Crippen molar-refractivity contribution in [3.8, 4) is 0 Å². The molecule has 0 unspecified atom stereocenters. The Morgan fingerprint density at radius 3 is 2.47 bits per heavy atom. The van der Waals surface area contributed by atoms with E-state index in [0.717, 1.165) is 5.92 Å². The van der Waals surface area contributed by atoms with Crippen LogP contribution in [0, 0.1) is 5.92 Å². The predicted molar refractivity (Wildman–Crippen MR) is 83.9 cm³/mol. The molecule has 0 saturated carbocycles. The summed E-state index contributed by atoms with van der Waals surface area (Å²) in [6.07, 6.45) is 6.45. The lowest BCUT2D eigenvalue weighted by Crippen LogP contribution is -2.30. The average Bonchev–Trinajstić information content (AvgIpc) is 2.47. The third-order valence-electron chi connectivity index (χ3n) is 4.25. The Labute approximate surface area is 118 Å². The average molecular weight is 260 g/mol. The molecule has 0 aliphatic carbocycles. The summed E-state index contributed by atoms with van der Waals surface area (Å²) in [5.74, 6) is 0.920. The van der Waals surface area contributed by atoms with Crippen LogP contribution in [0.15, 0.2) is 24.3 Å². The normalized spacial score (nSPS) is 16.5. The van der Waals surface area contributed by atoms with E-state index in [1.54, 1.807) is 0 Å². The van der Waals surface area contributed by atoms with Crippen LogP contribution in [0.4, 0.5) is 5.69 Å². The number of piperidine rings is 1. The zero-order valence-corrected chi connectivity index (χ0v) is 12.5. The molecule has 0 amide bonds. The molecule has 1 aliphatic rings. The van der Waals surface area contributed by atoms with E-state index in [1.807, 2.05) is 0 Å². The van der Waals surface area contributed by atoms with E-state index >= 15 is 0 Å². The summed E-state index contributed by atoms with van der Waals surface area (Å²) in [7, 11) is 2.22. The van der Waals surface area contributed by atoms with Crippen molar-refractivity contribution >= 4 is 5.69 Å². The van der Waals surface area contributed by atoms with E-state index in [9.17, 15) is 0 Å². The summed E-state index contributed by atoms with van der Waals surface area (Å²) >= 11 is 0. The minimum Gasteiger partial charge on any atom is -0.375 e. The van der Waals surface area contributed by atoms with E-state index in [0.29, 0.717) is 0 Å². The van der Waals surface area contributed by atoms with E-state index < -0.39 is 0 Å². The molecule has 1 aromatic rings. The fourth-order valence-electron chi connectivity index (χ4n) is 2.88. The fourth-order valence-corrected chi connectivity index (χ4v) is 2.88. The molecule has 1 N–H and O–H groups in total. The van der Waals surface area contributed by atoms with Crippen molar-refractivity contribution in [2.75, 3.05) is 31.6 Å². The van der Waals surface area contributed by atoms with Crippen LogP contribution in [0.5, 0.6) is 0 Å². The second-order valence-corrected chi connectivity index (χ2v) is 5.82. The summed E-state index contributed by atoms with van der Waals surface area (Å²) in [6, 6.07) is 9.10. The smallest absolute Gasteiger partial charge is 0.0363 e. The number of nitrogens with one attached hydrogen (secondary N) is 1. The van der Waals surface area contributed by atoms with Gasteiger partial charge in [0.2, 0.25) is 0 Å². The topological polar surface area (TPSA) is 15.3 Å². The fraction of sp³-hybridized carbons (Fsp3) is 0.647. The molecule has 0 bridgehead atoms. The zero-order chi connectivity index (χ0) is 13.5. The SMILES string of the molecule is CCCc1ccc(N(C)CCC2CCNCC2)cc1. The molecule has 2 heteroatoms. The Kier molecular flexibility index (Phi) is 5.71. The first-order valence-corrected chi connectivity index (χ1v) is 7.80. The van der Waals surface area contributed by atoms with E-state index in [1.165, 1.54) is 63.0 Å². The summed E-state index contributed by atoms with van der Waals surface area (Å²) < 4.78 is 0. The summed E-state index contributed by atoms with van der Waals surface area (Å²) in [6.45, 7) is 5.83. The Bertz CT molecular complexity index is 352. The maximum Gasteiger partial charge on any atom is 0.0363 e. The highest BCUT2D eigenvalue weighted by Gasteiger charge is 2.13. The van der Waals surface area contributed by atoms with Gasteiger partial charge < -0.3 is 10.2 Å². The number of hydrogen-bond acceptors (Lipinski definition) is 2. The summed E-state index contributed by atoms with van der Waals surface area (Å²) in [5.41, 5.74) is 2.81. The van der Waals surface area contributed by atoms with Crippen molar-refractivity contribution < 1.29 is 0 Å². The van der Waals surface area contributed by atoms with Gasteiger partial charge in [-0.3, -0.25) is 0 Å². The number of aryl methyl sites for hydroxylation is 1. The Balaban J connectivity index is 1.79. The van der Waals surface area contributed by atoms with Crippen molar-refractivity contribution in [1.82, 2.24) is 5.32 Å². The monoisotopic (exact) mass is 260 g/mol. The highest BCUT2D eigenvalue weighted by atomic mass is 15.1. The Hall–Kier alpha value is -1.02. The largest absolute Gasteiger partial charge is 0.375 e. The minimum absolute atomic E-state index is 0.920. The van der Waals surface area contributed by atoms with Crippen LogP contribution in [-0.4, -0.2) is 26.7 Å². The third-order valence-corrected chi connectivity index (χ3v) is 4.25. The van der Waals surface area contributed by atoms with Gasteiger partial charge in [0.1, 0.15) is 0 Å². The van der Waals surface area contributed by atoms with E-state index in [-0.39, 0.29) is 0 Å². The molecular formula is C17H28N2. The molecule has 0 spiro atoms. The molecule has 2 rings (SSSR count). The van der Waals surface area contributed by atoms with Gasteiger partial charge in [-0.15, -0.1) is 0 Å². The lowest BCUT2D eigenvalue weighted by molar-refractivity contribution is 0.356. The first-order valence-electron chi connectivity index (χ1n) is 7.80. The summed E-state index contributed by atoms with van der Waals surface area (Å²) in [5, 5.41) is 3.44. The first kappa shape index (κ1) is 14.4. The van der Waals surface area contributed by atoms with Gasteiger partial charge in [0, 0.05) is 19.3 Å². The molecule has 106 valence electrons. The molecule has 0 aromatic heterocycles. The highest BCUT2D eigenvalue weighted by Crippen LogP contribution is 2.19. The van der Waals surface area contributed by atoms with Gasteiger partial charge in [0.25, 0.3) is 0 Å². The van der Waals surface area contributed by atoms with Crippen LogP contribution < -0.4 is 10.2 Å². The van der Waals surface area contributed by atoms with Crippen LogP contribution in [-0.2, 0) is 6.42 Å². The first-order chi connectivity index (χ1) is 9.29. The lowest BCUT2D eigenvalue weighted by atomic mass is 9.94. The molecule has 1 fully saturated rings. The number of benzene rings is 1. The molecule has 1 saturated heterocycles. The Morgan fingerprint density at radius 2 is 1.84 bits per heavy atom. The molecule has 0 radical (unpaired) electrons. The standard InChI is InChI=1S/C17H28N2/c1-3-4-15-5-7-17(8-6-15)19(2)14-11-16-9-12-18-13-10-16/h5-8,16,18H,3-4,9-14H2,1-2H3. The molecular weight excluding hydrogens is 232 g/mol. The second-order valence-electron chi connectivity index (χ2n) is 5.82. The maximum absolute atomic E-state index is 3.44. The van der Waals surface area contributed by atoms with Crippen molar-refractivity contribution in [2.24, 2.45) is 5.92 Å². The van der Waals surface area contributed by atoms with Gasteiger partial charge in [-0.2, -0.15) is 0 Å². The maximum atomic E-state index is 3.44. The molecule has 1 heterocycles. The van der Waals surface area contributed by atoms with Crippen LogP contribution >= 0.6 is 0 Å². The van der Waals surface area contributed by atoms with Crippen LogP contribution in [0.2, 0.25) is 0 Å². The van der Waals surface area contributed by atoms with Crippen molar-refractivity contribution in [1.29, 1.82) is 0 Å². The van der Waals surface area contributed by atoms with Gasteiger partial charge in [-0.25, -0.2) is 0 Å². The lowest BCUT2D eigenvalue weighted by Gasteiger charge is -2.26. The third kappa shape index (κ3) is 4.54. The number of rotatable bonds is 6. The predicted octanol–water partition coefficient (Wildman–Crippen LogP) is 3.47. The van der Waals surface area contributed by atoms with Gasteiger partial charge in [-0.05, 0) is 62.4 Å². The quantitative estimate of drug-likeness (QED) is 0.842. The van der Waals surface area contributed by atoms with E-state index in [2.05, 4.69) is 48.5 Å². The molecule has 1 aliphatic heterocycles. The van der Waals surface area contributed by atoms with Crippen molar-refractivity contribution in [2.45, 2.75) is 39.0 Å². The summed E-state index contributed by atoms with van der Waals surface area (Å²) in [4.78, 5) is 2.40. The van der Waals surface area contributed by atoms with Crippen LogP contribution in [0.3, 0.4) is 0 Å². The number of anilines is 1. The Morgan fingerprint density at radius 1 is 1.16 bits per heavy atom. The second kappa shape index (κ2) is 7.54. The van der Waals surface area contributed by atoms with Gasteiger partial charge in [0.15, 0.2) is 0 Å². The molecule has 0 atom stereocenters.